The van der Waals surface area contributed by atoms with E-state index in [2.05, 4.69) is 0 Å². The van der Waals surface area contributed by atoms with Gasteiger partial charge >= 0.3 is 12.0 Å². The van der Waals surface area contributed by atoms with Crippen molar-refractivity contribution in [1.82, 2.24) is 4.90 Å². The van der Waals surface area contributed by atoms with Gasteiger partial charge in [-0.3, -0.25) is 0 Å². The Kier molecular flexibility index (Phi) is 5.33. The lowest BCUT2D eigenvalue weighted by molar-refractivity contribution is -0.162. The largest absolute Gasteiger partial charge is 0.479 e. The summed E-state index contributed by atoms with van der Waals surface area (Å²) >= 11 is 0. The van der Waals surface area contributed by atoms with E-state index in [1.165, 1.54) is 36.4 Å². The summed E-state index contributed by atoms with van der Waals surface area (Å²) in [6, 6.07) is 10.3. The number of carboxylic acids is 1. The number of sulfone groups is 1. The Morgan fingerprint density at radius 3 is 2.31 bits per heavy atom. The first-order chi connectivity index (χ1) is 13.6. The standard InChI is InChI=1S/C19H19FN2O6S/c20-15-4-2-1-3-14(15)12-5-7-13(8-6-12)29(27,28)16-9-10-22(18(21)25)11-19(16,26)17(23)24/h1-8,16,26H,9-11H2,(H2,21,25)(H,23,24). The molecule has 1 saturated heterocycles. The van der Waals surface area contributed by atoms with E-state index in [0.717, 1.165) is 4.90 Å². The van der Waals surface area contributed by atoms with Crippen molar-refractivity contribution in [3.63, 3.8) is 0 Å². The number of aliphatic hydroxyl groups is 1. The normalized spacial score (nSPS) is 22.3. The fourth-order valence-corrected chi connectivity index (χ4v) is 5.42. The van der Waals surface area contributed by atoms with Crippen LogP contribution in [-0.4, -0.2) is 59.5 Å². The number of urea groups is 1. The summed E-state index contributed by atoms with van der Waals surface area (Å²) in [7, 11) is -4.28. The molecule has 0 bridgehead atoms. The number of hydrogen-bond acceptors (Lipinski definition) is 5. The van der Waals surface area contributed by atoms with Gasteiger partial charge in [-0.1, -0.05) is 30.3 Å². The summed E-state index contributed by atoms with van der Waals surface area (Å²) in [6.45, 7) is -0.850. The number of nitrogens with two attached hydrogens (primary N) is 1. The number of aliphatic carboxylic acids is 1. The lowest BCUT2D eigenvalue weighted by Crippen LogP contribution is -2.65. The molecule has 0 aromatic heterocycles. The van der Waals surface area contributed by atoms with Gasteiger partial charge in [0, 0.05) is 12.1 Å². The van der Waals surface area contributed by atoms with Crippen molar-refractivity contribution in [2.24, 2.45) is 5.73 Å². The van der Waals surface area contributed by atoms with Crippen molar-refractivity contribution in [1.29, 1.82) is 0 Å². The van der Waals surface area contributed by atoms with Gasteiger partial charge in [-0.15, -0.1) is 0 Å². The third kappa shape index (κ3) is 3.68. The summed E-state index contributed by atoms with van der Waals surface area (Å²) in [5.74, 6) is -2.23. The quantitative estimate of drug-likeness (QED) is 0.678. The number of benzene rings is 2. The fourth-order valence-electron chi connectivity index (χ4n) is 3.47. The van der Waals surface area contributed by atoms with Crippen molar-refractivity contribution >= 4 is 21.8 Å². The van der Waals surface area contributed by atoms with Gasteiger partial charge in [0.15, 0.2) is 15.4 Å². The molecule has 29 heavy (non-hydrogen) atoms. The van der Waals surface area contributed by atoms with Crippen LogP contribution in [0.15, 0.2) is 53.4 Å². The maximum absolute atomic E-state index is 13.9. The van der Waals surface area contributed by atoms with Crippen LogP contribution >= 0.6 is 0 Å². The predicted octanol–water partition coefficient (Wildman–Crippen LogP) is 1.24. The average molecular weight is 422 g/mol. The maximum Gasteiger partial charge on any atom is 0.338 e. The Labute approximate surface area is 166 Å². The molecule has 2 unspecified atom stereocenters. The highest BCUT2D eigenvalue weighted by atomic mass is 32.2. The molecule has 0 aliphatic carbocycles. The average Bonchev–Trinajstić information content (AvgIpc) is 2.68. The van der Waals surface area contributed by atoms with E-state index in [9.17, 15) is 32.6 Å². The number of rotatable bonds is 4. The van der Waals surface area contributed by atoms with E-state index in [1.54, 1.807) is 12.1 Å². The summed E-state index contributed by atoms with van der Waals surface area (Å²) in [5.41, 5.74) is 3.16. The molecule has 154 valence electrons. The molecule has 4 N–H and O–H groups in total. The zero-order chi connectivity index (χ0) is 21.4. The van der Waals surface area contributed by atoms with Crippen molar-refractivity contribution in [2.75, 3.05) is 13.1 Å². The van der Waals surface area contributed by atoms with E-state index in [-0.39, 0.29) is 23.4 Å². The molecule has 1 fully saturated rings. The Balaban J connectivity index is 1.96. The highest BCUT2D eigenvalue weighted by molar-refractivity contribution is 7.92. The van der Waals surface area contributed by atoms with Gasteiger partial charge in [0.1, 0.15) is 11.1 Å². The van der Waals surface area contributed by atoms with Crippen LogP contribution in [0.3, 0.4) is 0 Å². The van der Waals surface area contributed by atoms with Crippen LogP contribution in [0.25, 0.3) is 11.1 Å². The highest BCUT2D eigenvalue weighted by Crippen LogP contribution is 2.33. The molecule has 8 nitrogen and oxygen atoms in total. The molecule has 0 radical (unpaired) electrons. The molecule has 2 aromatic carbocycles. The van der Waals surface area contributed by atoms with E-state index in [4.69, 9.17) is 5.73 Å². The Morgan fingerprint density at radius 2 is 1.76 bits per heavy atom. The maximum atomic E-state index is 13.9. The summed E-state index contributed by atoms with van der Waals surface area (Å²) < 4.78 is 40.1. The van der Waals surface area contributed by atoms with E-state index < -0.39 is 45.1 Å². The van der Waals surface area contributed by atoms with E-state index in [0.29, 0.717) is 5.56 Å². The molecule has 2 aromatic rings. The zero-order valence-corrected chi connectivity index (χ0v) is 16.0. The zero-order valence-electron chi connectivity index (χ0n) is 15.2. The van der Waals surface area contributed by atoms with Gasteiger partial charge in [0.25, 0.3) is 0 Å². The third-order valence-electron chi connectivity index (χ3n) is 5.05. The number of nitrogens with zero attached hydrogens (tertiary/aromatic N) is 1. The molecule has 2 atom stereocenters. The van der Waals surface area contributed by atoms with E-state index >= 15 is 0 Å². The Hall–Kier alpha value is -2.98. The van der Waals surface area contributed by atoms with Gasteiger partial charge in [-0.05, 0) is 30.2 Å². The van der Waals surface area contributed by atoms with Gasteiger partial charge in [-0.25, -0.2) is 22.4 Å². The van der Waals surface area contributed by atoms with Gasteiger partial charge in [0.2, 0.25) is 0 Å². The van der Waals surface area contributed by atoms with Crippen LogP contribution in [0.2, 0.25) is 0 Å². The molecule has 10 heteroatoms. The first-order valence-electron chi connectivity index (χ1n) is 8.66. The lowest BCUT2D eigenvalue weighted by atomic mass is 9.92. The molecule has 0 saturated carbocycles. The van der Waals surface area contributed by atoms with Crippen molar-refractivity contribution in [2.45, 2.75) is 22.2 Å². The van der Waals surface area contributed by atoms with Gasteiger partial charge < -0.3 is 20.8 Å². The SMILES string of the molecule is NC(=O)N1CCC(S(=O)(=O)c2ccc(-c3ccccc3F)cc2)C(O)(C(=O)O)C1. The van der Waals surface area contributed by atoms with Crippen LogP contribution in [0, 0.1) is 5.82 Å². The number of amides is 2. The van der Waals surface area contributed by atoms with Crippen molar-refractivity contribution in [3.8, 4) is 11.1 Å². The minimum atomic E-state index is -4.28. The monoisotopic (exact) mass is 422 g/mol. The number of likely N-dealkylation sites (tertiary alicyclic amines) is 1. The van der Waals surface area contributed by atoms with Crippen molar-refractivity contribution in [3.05, 3.63) is 54.3 Å². The number of β-amino-alcohol motifs (C(OH)–C–C–N with tert-alkyl or cyclic N) is 1. The molecule has 1 heterocycles. The first-order valence-corrected chi connectivity index (χ1v) is 10.2. The molecular weight excluding hydrogens is 403 g/mol. The lowest BCUT2D eigenvalue weighted by Gasteiger charge is -2.40. The Morgan fingerprint density at radius 1 is 1.14 bits per heavy atom. The van der Waals surface area contributed by atoms with Crippen LogP contribution < -0.4 is 5.73 Å². The fraction of sp³-hybridized carbons (Fsp3) is 0.263. The number of hydrogen-bond donors (Lipinski definition) is 3. The topological polar surface area (TPSA) is 138 Å². The second-order valence-corrected chi connectivity index (χ2v) is 8.95. The summed E-state index contributed by atoms with van der Waals surface area (Å²) in [5, 5.41) is 18.4. The molecule has 3 rings (SSSR count). The second kappa shape index (κ2) is 7.45. The predicted molar refractivity (Wildman–Crippen MR) is 101 cm³/mol. The number of carbonyl (C=O) groups is 2. The van der Waals surface area contributed by atoms with Crippen LogP contribution in [-0.2, 0) is 14.6 Å². The third-order valence-corrected chi connectivity index (χ3v) is 7.35. The number of carbonyl (C=O) groups excluding carboxylic acids is 1. The van der Waals surface area contributed by atoms with Gasteiger partial charge in [-0.2, -0.15) is 0 Å². The number of primary amides is 1. The Bertz CT molecular complexity index is 1060. The molecule has 1 aliphatic heterocycles. The summed E-state index contributed by atoms with van der Waals surface area (Å²) in [6.07, 6.45) is -0.302. The highest BCUT2D eigenvalue weighted by Gasteiger charge is 2.55. The van der Waals surface area contributed by atoms with E-state index in [1.807, 2.05) is 0 Å². The molecular formula is C19H19FN2O6S. The van der Waals surface area contributed by atoms with Gasteiger partial charge in [0.05, 0.1) is 11.4 Å². The molecule has 1 aliphatic rings. The number of halogens is 1. The molecule has 2 amide bonds. The van der Waals surface area contributed by atoms with Crippen LogP contribution in [0.5, 0.6) is 0 Å². The minimum Gasteiger partial charge on any atom is -0.479 e. The number of carboxylic acid groups (broad SMARTS) is 1. The van der Waals surface area contributed by atoms with Crippen LogP contribution in [0.4, 0.5) is 9.18 Å². The molecule has 0 spiro atoms. The van der Waals surface area contributed by atoms with Crippen molar-refractivity contribution < 1.29 is 32.6 Å². The summed E-state index contributed by atoms with van der Waals surface area (Å²) in [4.78, 5) is 23.7. The smallest absolute Gasteiger partial charge is 0.338 e. The first kappa shape index (κ1) is 20.7. The second-order valence-electron chi connectivity index (χ2n) is 6.82. The van der Waals surface area contributed by atoms with Crippen LogP contribution in [0.1, 0.15) is 6.42 Å². The minimum absolute atomic E-state index is 0.109. The number of piperidine rings is 1.